The summed E-state index contributed by atoms with van der Waals surface area (Å²) in [5, 5.41) is 0. The lowest BCUT2D eigenvalue weighted by molar-refractivity contribution is -0.334. The molecule has 28 heavy (non-hydrogen) atoms. The topological polar surface area (TPSA) is 64.6 Å². The molecule has 1 unspecified atom stereocenters. The molecule has 2 rings (SSSR count). The zero-order chi connectivity index (χ0) is 20.4. The van der Waals surface area contributed by atoms with Gasteiger partial charge in [0, 0.05) is 33.9 Å². The maximum absolute atomic E-state index is 6.26. The Balaban J connectivity index is 2.12. The Kier molecular flexibility index (Phi) is 10.6. The third-order valence-electron chi connectivity index (χ3n) is 5.18. The molecule has 0 radical (unpaired) electrons. The minimum absolute atomic E-state index is 0.269. The van der Waals surface area contributed by atoms with E-state index in [1.54, 1.807) is 14.0 Å². The van der Waals surface area contributed by atoms with Crippen LogP contribution in [-0.4, -0.2) is 70.2 Å². The fraction of sp³-hybridized carbons (Fsp3) is 1.00. The van der Waals surface area contributed by atoms with Gasteiger partial charge in [-0.1, -0.05) is 40.0 Å². The van der Waals surface area contributed by atoms with E-state index in [0.29, 0.717) is 26.4 Å². The lowest BCUT2D eigenvalue weighted by Crippen LogP contribution is -2.59. The highest BCUT2D eigenvalue weighted by atomic mass is 16.9. The first kappa shape index (κ1) is 24.0. The molecule has 0 aromatic heterocycles. The molecule has 0 spiro atoms. The van der Waals surface area contributed by atoms with Gasteiger partial charge in [0.15, 0.2) is 6.29 Å². The summed E-state index contributed by atoms with van der Waals surface area (Å²) in [6.45, 7) is 10.6. The second-order valence-electron chi connectivity index (χ2n) is 7.62. The van der Waals surface area contributed by atoms with Crippen molar-refractivity contribution in [3.8, 4) is 0 Å². The number of rotatable bonds is 14. The lowest BCUT2D eigenvalue weighted by Gasteiger charge is -2.42. The van der Waals surface area contributed by atoms with Gasteiger partial charge in [-0.05, 0) is 19.3 Å². The van der Waals surface area contributed by atoms with E-state index in [4.69, 9.17) is 33.2 Å². The fourth-order valence-corrected chi connectivity index (χ4v) is 3.38. The van der Waals surface area contributed by atoms with Crippen molar-refractivity contribution in [3.63, 3.8) is 0 Å². The molecule has 6 atom stereocenters. The lowest BCUT2D eigenvalue weighted by atomic mass is 9.98. The Morgan fingerprint density at radius 2 is 1.43 bits per heavy atom. The molecule has 0 amide bonds. The summed E-state index contributed by atoms with van der Waals surface area (Å²) in [5.74, 6) is -1.15. The molecule has 0 aromatic rings. The smallest absolute Gasteiger partial charge is 0.282 e. The summed E-state index contributed by atoms with van der Waals surface area (Å²) < 4.78 is 41.9. The van der Waals surface area contributed by atoms with Gasteiger partial charge >= 0.3 is 0 Å². The van der Waals surface area contributed by atoms with Crippen molar-refractivity contribution in [2.45, 2.75) is 103 Å². The van der Waals surface area contributed by atoms with Crippen LogP contribution in [-0.2, 0) is 33.2 Å². The van der Waals surface area contributed by atoms with Gasteiger partial charge in [0.25, 0.3) is 5.97 Å². The molecule has 166 valence electrons. The summed E-state index contributed by atoms with van der Waals surface area (Å²) >= 11 is 0. The summed E-state index contributed by atoms with van der Waals surface area (Å²) in [4.78, 5) is 0. The number of unbranched alkanes of at least 4 members (excludes halogenated alkanes) is 3. The van der Waals surface area contributed by atoms with E-state index in [-0.39, 0.29) is 18.3 Å². The summed E-state index contributed by atoms with van der Waals surface area (Å²) in [7, 11) is 1.56. The third kappa shape index (κ3) is 6.62. The maximum Gasteiger partial charge on any atom is 0.282 e. The minimum Gasteiger partial charge on any atom is -0.379 e. The molecular weight excluding hydrogens is 364 g/mol. The maximum atomic E-state index is 6.26. The van der Waals surface area contributed by atoms with Crippen molar-refractivity contribution in [2.75, 3.05) is 33.5 Å². The van der Waals surface area contributed by atoms with E-state index < -0.39 is 18.4 Å². The first-order chi connectivity index (χ1) is 13.6. The SMILES string of the molecule is CCCCOC[C@@H]1O[C@H]2OC(C)(OC)O[C@H]2[C@@H](OCCCC)[C@@H]1OCCCC. The Morgan fingerprint density at radius 3 is 2.04 bits per heavy atom. The van der Waals surface area contributed by atoms with Crippen LogP contribution in [0.25, 0.3) is 0 Å². The van der Waals surface area contributed by atoms with Gasteiger partial charge in [-0.2, -0.15) is 0 Å². The minimum atomic E-state index is -1.15. The van der Waals surface area contributed by atoms with Gasteiger partial charge in [-0.3, -0.25) is 4.74 Å². The standard InChI is InChI=1S/C21H40O7/c1-6-9-12-23-15-16-17(24-13-10-7-2)18(25-14-11-8-3)19-20(26-16)28-21(4,22-5)27-19/h16-20H,6-15H2,1-5H3/t16-,17+,18-,19-,20-,21?/m0/s1. The van der Waals surface area contributed by atoms with E-state index in [9.17, 15) is 0 Å². The molecule has 2 fully saturated rings. The predicted octanol–water partition coefficient (Wildman–Crippen LogP) is 3.63. The molecule has 2 heterocycles. The van der Waals surface area contributed by atoms with Crippen molar-refractivity contribution in [3.05, 3.63) is 0 Å². The normalized spacial score (nSPS) is 35.2. The van der Waals surface area contributed by atoms with Crippen molar-refractivity contribution >= 4 is 0 Å². The van der Waals surface area contributed by atoms with Crippen LogP contribution in [0.1, 0.15) is 66.2 Å². The quantitative estimate of drug-likeness (QED) is 0.410. The van der Waals surface area contributed by atoms with Crippen LogP contribution in [0, 0.1) is 0 Å². The number of hydrogen-bond donors (Lipinski definition) is 0. The van der Waals surface area contributed by atoms with Crippen LogP contribution in [0.2, 0.25) is 0 Å². The van der Waals surface area contributed by atoms with Crippen LogP contribution in [0.5, 0.6) is 0 Å². The van der Waals surface area contributed by atoms with Crippen LogP contribution in [0.15, 0.2) is 0 Å². The second-order valence-corrected chi connectivity index (χ2v) is 7.62. The van der Waals surface area contributed by atoms with Gasteiger partial charge in [-0.15, -0.1) is 0 Å². The average molecular weight is 405 g/mol. The molecule has 0 bridgehead atoms. The van der Waals surface area contributed by atoms with Crippen molar-refractivity contribution in [1.29, 1.82) is 0 Å². The van der Waals surface area contributed by atoms with E-state index in [0.717, 1.165) is 38.5 Å². The number of fused-ring (bicyclic) bond motifs is 1. The predicted molar refractivity (Wildman–Crippen MR) is 105 cm³/mol. The number of ether oxygens (including phenoxy) is 7. The van der Waals surface area contributed by atoms with E-state index in [2.05, 4.69) is 20.8 Å². The van der Waals surface area contributed by atoms with E-state index in [1.807, 2.05) is 0 Å². The molecular formula is C21H40O7. The molecule has 0 aliphatic carbocycles. The summed E-state index contributed by atoms with van der Waals surface area (Å²) in [6.07, 6.45) is 4.42. The largest absolute Gasteiger partial charge is 0.379 e. The van der Waals surface area contributed by atoms with Crippen LogP contribution in [0.4, 0.5) is 0 Å². The highest BCUT2D eigenvalue weighted by Crippen LogP contribution is 2.39. The van der Waals surface area contributed by atoms with Gasteiger partial charge < -0.3 is 28.4 Å². The average Bonchev–Trinajstić information content (AvgIpc) is 3.03. The van der Waals surface area contributed by atoms with E-state index >= 15 is 0 Å². The van der Waals surface area contributed by atoms with Gasteiger partial charge in [-0.25, -0.2) is 0 Å². The zero-order valence-electron chi connectivity index (χ0n) is 18.3. The molecule has 2 saturated heterocycles. The molecule has 0 aromatic carbocycles. The monoisotopic (exact) mass is 404 g/mol. The molecule has 7 nitrogen and oxygen atoms in total. The molecule has 0 N–H and O–H groups in total. The Hall–Kier alpha value is -0.280. The Bertz CT molecular complexity index is 422. The number of hydrogen-bond acceptors (Lipinski definition) is 7. The van der Waals surface area contributed by atoms with Crippen molar-refractivity contribution in [2.24, 2.45) is 0 Å². The highest BCUT2D eigenvalue weighted by molar-refractivity contribution is 4.95. The third-order valence-corrected chi connectivity index (χ3v) is 5.18. The first-order valence-corrected chi connectivity index (χ1v) is 11.0. The summed E-state index contributed by atoms with van der Waals surface area (Å²) in [6, 6.07) is 0. The molecule has 2 aliphatic heterocycles. The van der Waals surface area contributed by atoms with Gasteiger partial charge in [0.1, 0.15) is 24.4 Å². The summed E-state index contributed by atoms with van der Waals surface area (Å²) in [5.41, 5.74) is 0. The first-order valence-electron chi connectivity index (χ1n) is 11.0. The van der Waals surface area contributed by atoms with E-state index in [1.165, 1.54) is 0 Å². The Labute approximate surface area is 170 Å². The molecule has 7 heteroatoms. The van der Waals surface area contributed by atoms with Crippen molar-refractivity contribution in [1.82, 2.24) is 0 Å². The molecule has 2 aliphatic rings. The molecule has 0 saturated carbocycles. The van der Waals surface area contributed by atoms with Crippen LogP contribution < -0.4 is 0 Å². The fourth-order valence-electron chi connectivity index (χ4n) is 3.38. The second kappa shape index (κ2) is 12.4. The van der Waals surface area contributed by atoms with Crippen LogP contribution in [0.3, 0.4) is 0 Å². The van der Waals surface area contributed by atoms with Gasteiger partial charge in [0.05, 0.1) is 6.61 Å². The number of methoxy groups -OCH3 is 1. The zero-order valence-corrected chi connectivity index (χ0v) is 18.3. The van der Waals surface area contributed by atoms with Gasteiger partial charge in [0.2, 0.25) is 0 Å². The van der Waals surface area contributed by atoms with Crippen molar-refractivity contribution < 1.29 is 33.2 Å². The van der Waals surface area contributed by atoms with Crippen LogP contribution >= 0.6 is 0 Å². The Morgan fingerprint density at radius 1 is 0.821 bits per heavy atom. The highest BCUT2D eigenvalue weighted by Gasteiger charge is 2.57.